The van der Waals surface area contributed by atoms with Crippen LogP contribution in [0.5, 0.6) is 0 Å². The summed E-state index contributed by atoms with van der Waals surface area (Å²) in [5.74, 6) is 0.691. The van der Waals surface area contributed by atoms with Crippen molar-refractivity contribution < 1.29 is 0 Å². The number of nitrogens with zero attached hydrogens (tertiary/aromatic N) is 2. The van der Waals surface area contributed by atoms with E-state index in [1.807, 2.05) is 6.20 Å². The first-order valence-electron chi connectivity index (χ1n) is 6.38. The number of aromatic nitrogens is 2. The summed E-state index contributed by atoms with van der Waals surface area (Å²) in [4.78, 5) is 4.54. The number of pyridine rings is 1. The quantitative estimate of drug-likeness (QED) is 0.877. The van der Waals surface area contributed by atoms with Crippen molar-refractivity contribution in [2.75, 3.05) is 13.1 Å². The number of hydrogen-bond donors (Lipinski definition) is 1. The van der Waals surface area contributed by atoms with Crippen molar-refractivity contribution in [3.63, 3.8) is 0 Å². The Balaban J connectivity index is 0.000000902. The Morgan fingerprint density at radius 2 is 1.89 bits per heavy atom. The summed E-state index contributed by atoms with van der Waals surface area (Å²) >= 11 is 0. The third kappa shape index (κ3) is 3.04. The van der Waals surface area contributed by atoms with Crippen LogP contribution in [0.2, 0.25) is 0 Å². The maximum atomic E-state index is 4.54. The van der Waals surface area contributed by atoms with Crippen molar-refractivity contribution in [2.24, 2.45) is 7.05 Å². The molecule has 19 heavy (non-hydrogen) atoms. The molecule has 1 saturated heterocycles. The summed E-state index contributed by atoms with van der Waals surface area (Å²) in [7, 11) is 2.14. The van der Waals surface area contributed by atoms with Gasteiger partial charge < -0.3 is 9.88 Å². The fraction of sp³-hybridized carbons (Fsp3) is 0.500. The standard InChI is InChI=1S/C14H19N3.2ClH/c1-10-7-12-8-13(11-3-5-15-6-4-11)17(2)14(12)16-9-10;;/h7-9,11,15H,3-6H2,1-2H3;2*1H. The highest BCUT2D eigenvalue weighted by Crippen LogP contribution is 2.29. The molecule has 3 rings (SSSR count). The van der Waals surface area contributed by atoms with Gasteiger partial charge in [0.25, 0.3) is 0 Å². The predicted octanol–water partition coefficient (Wildman–Crippen LogP) is 3.19. The molecule has 0 amide bonds. The molecule has 0 spiro atoms. The number of hydrogen-bond acceptors (Lipinski definition) is 2. The normalized spacial score (nSPS) is 15.9. The first-order valence-corrected chi connectivity index (χ1v) is 6.38. The number of rotatable bonds is 1. The Bertz CT molecular complexity index is 545. The molecule has 0 aliphatic carbocycles. The number of halogens is 2. The first kappa shape index (κ1) is 16.3. The van der Waals surface area contributed by atoms with Gasteiger partial charge in [-0.05, 0) is 50.6 Å². The van der Waals surface area contributed by atoms with Crippen molar-refractivity contribution in [2.45, 2.75) is 25.7 Å². The summed E-state index contributed by atoms with van der Waals surface area (Å²) < 4.78 is 2.27. The summed E-state index contributed by atoms with van der Waals surface area (Å²) in [5, 5.41) is 4.70. The van der Waals surface area contributed by atoms with E-state index in [4.69, 9.17) is 0 Å². The van der Waals surface area contributed by atoms with Gasteiger partial charge in [-0.1, -0.05) is 0 Å². The van der Waals surface area contributed by atoms with Crippen LogP contribution in [0.3, 0.4) is 0 Å². The van der Waals surface area contributed by atoms with E-state index < -0.39 is 0 Å². The molecule has 3 nitrogen and oxygen atoms in total. The molecule has 2 aromatic heterocycles. The van der Waals surface area contributed by atoms with E-state index in [1.54, 1.807) is 0 Å². The second kappa shape index (κ2) is 6.60. The fourth-order valence-electron chi connectivity index (χ4n) is 2.86. The molecule has 2 aromatic rings. The Hall–Kier alpha value is -0.770. The monoisotopic (exact) mass is 301 g/mol. The van der Waals surface area contributed by atoms with Gasteiger partial charge in [0.2, 0.25) is 0 Å². The highest BCUT2D eigenvalue weighted by molar-refractivity contribution is 5.85. The first-order chi connectivity index (χ1) is 8.25. The van der Waals surface area contributed by atoms with Crippen LogP contribution < -0.4 is 5.32 Å². The third-order valence-corrected chi connectivity index (χ3v) is 3.80. The van der Waals surface area contributed by atoms with Crippen molar-refractivity contribution >= 4 is 35.8 Å². The third-order valence-electron chi connectivity index (χ3n) is 3.80. The zero-order valence-electron chi connectivity index (χ0n) is 11.3. The lowest BCUT2D eigenvalue weighted by molar-refractivity contribution is 0.446. The average Bonchev–Trinajstić information content (AvgIpc) is 2.67. The Morgan fingerprint density at radius 1 is 1.21 bits per heavy atom. The molecule has 0 bridgehead atoms. The van der Waals surface area contributed by atoms with E-state index in [0.717, 1.165) is 18.7 Å². The molecule has 1 aliphatic heterocycles. The second-order valence-electron chi connectivity index (χ2n) is 5.08. The lowest BCUT2D eigenvalue weighted by Crippen LogP contribution is -2.27. The zero-order valence-corrected chi connectivity index (χ0v) is 13.0. The molecule has 5 heteroatoms. The number of piperidine rings is 1. The molecule has 0 unspecified atom stereocenters. The van der Waals surface area contributed by atoms with E-state index in [-0.39, 0.29) is 24.8 Å². The van der Waals surface area contributed by atoms with Crippen LogP contribution in [-0.2, 0) is 7.05 Å². The Labute approximate surface area is 126 Å². The Morgan fingerprint density at radius 3 is 2.58 bits per heavy atom. The molecular weight excluding hydrogens is 281 g/mol. The van der Waals surface area contributed by atoms with E-state index in [2.05, 4.69) is 41.0 Å². The summed E-state index contributed by atoms with van der Waals surface area (Å²) in [5.41, 5.74) is 3.80. The second-order valence-corrected chi connectivity index (χ2v) is 5.08. The molecule has 0 radical (unpaired) electrons. The van der Waals surface area contributed by atoms with Crippen LogP contribution in [0.4, 0.5) is 0 Å². The summed E-state index contributed by atoms with van der Waals surface area (Å²) in [6.07, 6.45) is 4.43. The summed E-state index contributed by atoms with van der Waals surface area (Å²) in [6.45, 7) is 4.38. The van der Waals surface area contributed by atoms with Gasteiger partial charge in [-0.15, -0.1) is 24.8 Å². The number of fused-ring (bicyclic) bond motifs is 1. The SMILES string of the molecule is Cc1cnc2c(c1)cc(C1CCNCC1)n2C.Cl.Cl. The molecule has 0 saturated carbocycles. The van der Waals surface area contributed by atoms with Crippen LogP contribution in [0.1, 0.15) is 30.0 Å². The van der Waals surface area contributed by atoms with Crippen molar-refractivity contribution in [3.8, 4) is 0 Å². The molecule has 1 fully saturated rings. The number of nitrogens with one attached hydrogen (secondary N) is 1. The van der Waals surface area contributed by atoms with Crippen molar-refractivity contribution in [1.29, 1.82) is 0 Å². The van der Waals surface area contributed by atoms with E-state index in [0.29, 0.717) is 5.92 Å². The summed E-state index contributed by atoms with van der Waals surface area (Å²) in [6, 6.07) is 4.55. The van der Waals surface area contributed by atoms with Gasteiger partial charge in [-0.2, -0.15) is 0 Å². The van der Waals surface area contributed by atoms with Crippen molar-refractivity contribution in [1.82, 2.24) is 14.9 Å². The number of aryl methyl sites for hydroxylation is 2. The van der Waals surface area contributed by atoms with Gasteiger partial charge in [0.15, 0.2) is 0 Å². The lowest BCUT2D eigenvalue weighted by atomic mass is 9.94. The Kier molecular flexibility index (Phi) is 5.65. The smallest absolute Gasteiger partial charge is 0.139 e. The lowest BCUT2D eigenvalue weighted by Gasteiger charge is -2.23. The van der Waals surface area contributed by atoms with Gasteiger partial charge >= 0.3 is 0 Å². The maximum absolute atomic E-state index is 4.54. The maximum Gasteiger partial charge on any atom is 0.139 e. The minimum Gasteiger partial charge on any atom is -0.332 e. The fourth-order valence-corrected chi connectivity index (χ4v) is 2.86. The highest BCUT2D eigenvalue weighted by atomic mass is 35.5. The molecule has 0 atom stereocenters. The van der Waals surface area contributed by atoms with Gasteiger partial charge in [0, 0.05) is 30.2 Å². The van der Waals surface area contributed by atoms with E-state index in [9.17, 15) is 0 Å². The minimum atomic E-state index is 0. The predicted molar refractivity (Wildman–Crippen MR) is 84.8 cm³/mol. The average molecular weight is 302 g/mol. The van der Waals surface area contributed by atoms with Gasteiger partial charge in [-0.3, -0.25) is 0 Å². The zero-order chi connectivity index (χ0) is 11.8. The van der Waals surface area contributed by atoms with Crippen LogP contribution in [0.25, 0.3) is 11.0 Å². The largest absolute Gasteiger partial charge is 0.332 e. The van der Waals surface area contributed by atoms with Crippen LogP contribution >= 0.6 is 24.8 Å². The van der Waals surface area contributed by atoms with Crippen LogP contribution in [-0.4, -0.2) is 22.6 Å². The van der Waals surface area contributed by atoms with E-state index in [1.165, 1.54) is 29.5 Å². The minimum absolute atomic E-state index is 0. The molecule has 0 aromatic carbocycles. The molecule has 1 aliphatic rings. The topological polar surface area (TPSA) is 29.9 Å². The van der Waals surface area contributed by atoms with Crippen LogP contribution in [0.15, 0.2) is 18.3 Å². The van der Waals surface area contributed by atoms with Crippen LogP contribution in [0, 0.1) is 6.92 Å². The van der Waals surface area contributed by atoms with Gasteiger partial charge in [-0.25, -0.2) is 4.98 Å². The van der Waals surface area contributed by atoms with Gasteiger partial charge in [0.05, 0.1) is 0 Å². The van der Waals surface area contributed by atoms with E-state index >= 15 is 0 Å². The van der Waals surface area contributed by atoms with Gasteiger partial charge in [0.1, 0.15) is 5.65 Å². The van der Waals surface area contributed by atoms with Crippen molar-refractivity contribution in [3.05, 3.63) is 29.6 Å². The molecule has 3 heterocycles. The molecule has 106 valence electrons. The highest BCUT2D eigenvalue weighted by Gasteiger charge is 2.19. The molecule has 1 N–H and O–H groups in total. The molecular formula is C14H21Cl2N3.